The van der Waals surface area contributed by atoms with Gasteiger partial charge in [-0.15, -0.1) is 11.3 Å². The molecule has 0 radical (unpaired) electrons. The zero-order valence-electron chi connectivity index (χ0n) is 10.1. The zero-order chi connectivity index (χ0) is 12.1. The number of furan rings is 1. The van der Waals surface area contributed by atoms with Gasteiger partial charge in [-0.1, -0.05) is 6.92 Å². The lowest BCUT2D eigenvalue weighted by Gasteiger charge is -2.14. The van der Waals surface area contributed by atoms with Crippen LogP contribution in [0.4, 0.5) is 0 Å². The van der Waals surface area contributed by atoms with Gasteiger partial charge in [0.2, 0.25) is 0 Å². The van der Waals surface area contributed by atoms with Crippen LogP contribution in [0.3, 0.4) is 0 Å². The van der Waals surface area contributed by atoms with Crippen molar-refractivity contribution in [2.45, 2.75) is 19.4 Å². The van der Waals surface area contributed by atoms with E-state index in [9.17, 15) is 0 Å². The van der Waals surface area contributed by atoms with Crippen molar-refractivity contribution < 1.29 is 9.15 Å². The van der Waals surface area contributed by atoms with Crippen molar-refractivity contribution in [1.82, 2.24) is 5.32 Å². The van der Waals surface area contributed by atoms with E-state index >= 15 is 0 Å². The molecule has 0 fully saturated rings. The lowest BCUT2D eigenvalue weighted by molar-refractivity contribution is 0.415. The zero-order valence-corrected chi connectivity index (χ0v) is 10.9. The Morgan fingerprint density at radius 2 is 2.41 bits per heavy atom. The highest BCUT2D eigenvalue weighted by Gasteiger charge is 2.18. The summed E-state index contributed by atoms with van der Waals surface area (Å²) in [5, 5.41) is 5.50. The summed E-state index contributed by atoms with van der Waals surface area (Å²) in [6, 6.07) is 6.10. The first-order chi connectivity index (χ1) is 8.35. The molecule has 92 valence electrons. The molecule has 0 aromatic carbocycles. The molecule has 0 saturated carbocycles. The van der Waals surface area contributed by atoms with Crippen molar-refractivity contribution >= 4 is 11.3 Å². The van der Waals surface area contributed by atoms with E-state index in [4.69, 9.17) is 9.15 Å². The Balaban J connectivity index is 2.20. The van der Waals surface area contributed by atoms with Gasteiger partial charge in [0.25, 0.3) is 0 Å². The second-order valence-electron chi connectivity index (χ2n) is 3.79. The summed E-state index contributed by atoms with van der Waals surface area (Å²) in [6.07, 6.45) is 2.81. The minimum Gasteiger partial charge on any atom is -0.496 e. The first kappa shape index (κ1) is 12.2. The predicted molar refractivity (Wildman–Crippen MR) is 69.7 cm³/mol. The minimum atomic E-state index is 0.124. The van der Waals surface area contributed by atoms with Crippen LogP contribution < -0.4 is 10.1 Å². The van der Waals surface area contributed by atoms with Crippen LogP contribution in [0.25, 0.3) is 0 Å². The molecule has 0 aliphatic carbocycles. The maximum atomic E-state index is 5.49. The van der Waals surface area contributed by atoms with Gasteiger partial charge in [0.05, 0.1) is 13.4 Å². The predicted octanol–water partition coefficient (Wildman–Crippen LogP) is 3.44. The molecule has 0 aliphatic heterocycles. The number of nitrogens with one attached hydrogen (secondary N) is 1. The molecular weight excluding hydrogens is 234 g/mol. The fourth-order valence-corrected chi connectivity index (χ4v) is 2.61. The largest absolute Gasteiger partial charge is 0.496 e. The third-order valence-corrected chi connectivity index (χ3v) is 3.52. The number of methoxy groups -OCH3 is 1. The molecule has 2 aromatic rings. The third-order valence-electron chi connectivity index (χ3n) is 2.54. The number of rotatable bonds is 6. The van der Waals surface area contributed by atoms with Crippen LogP contribution in [-0.4, -0.2) is 13.7 Å². The molecule has 17 heavy (non-hydrogen) atoms. The maximum absolute atomic E-state index is 5.49. The van der Waals surface area contributed by atoms with Crippen LogP contribution in [0.5, 0.6) is 5.75 Å². The Labute approximate surface area is 105 Å². The average Bonchev–Trinajstić information content (AvgIpc) is 3.00. The van der Waals surface area contributed by atoms with Crippen LogP contribution in [0.2, 0.25) is 0 Å². The van der Waals surface area contributed by atoms with E-state index in [1.165, 1.54) is 4.88 Å². The monoisotopic (exact) mass is 251 g/mol. The summed E-state index contributed by atoms with van der Waals surface area (Å²) in [7, 11) is 1.69. The summed E-state index contributed by atoms with van der Waals surface area (Å²) in [6.45, 7) is 3.12. The van der Waals surface area contributed by atoms with Crippen molar-refractivity contribution in [1.29, 1.82) is 0 Å². The quantitative estimate of drug-likeness (QED) is 0.854. The lowest BCUT2D eigenvalue weighted by atomic mass is 10.2. The standard InChI is InChI=1S/C13H17NO2S/c1-3-6-14-13(11-5-4-7-16-11)12-8-10(15-2)9-17-12/h4-5,7-9,13-14H,3,6H2,1-2H3. The highest BCUT2D eigenvalue weighted by atomic mass is 32.1. The van der Waals surface area contributed by atoms with Gasteiger partial charge in [-0.25, -0.2) is 0 Å². The smallest absolute Gasteiger partial charge is 0.129 e. The van der Waals surface area contributed by atoms with E-state index in [0.29, 0.717) is 0 Å². The van der Waals surface area contributed by atoms with E-state index in [1.807, 2.05) is 17.5 Å². The Hall–Kier alpha value is -1.26. The molecule has 1 atom stereocenters. The molecule has 1 unspecified atom stereocenters. The summed E-state index contributed by atoms with van der Waals surface area (Å²) in [4.78, 5) is 1.21. The second-order valence-corrected chi connectivity index (χ2v) is 4.73. The molecule has 0 bridgehead atoms. The number of ether oxygens (including phenoxy) is 1. The molecule has 4 heteroatoms. The molecule has 2 aromatic heterocycles. The van der Waals surface area contributed by atoms with Gasteiger partial charge in [0.1, 0.15) is 17.6 Å². The van der Waals surface area contributed by atoms with E-state index in [-0.39, 0.29) is 6.04 Å². The van der Waals surface area contributed by atoms with Gasteiger partial charge in [0, 0.05) is 10.3 Å². The van der Waals surface area contributed by atoms with Crippen molar-refractivity contribution in [3.63, 3.8) is 0 Å². The summed E-state index contributed by atoms with van der Waals surface area (Å²) >= 11 is 1.68. The van der Waals surface area contributed by atoms with Gasteiger partial charge in [-0.05, 0) is 31.2 Å². The SMILES string of the molecule is CCCNC(c1ccco1)c1cc(OC)cs1. The number of hydrogen-bond donors (Lipinski definition) is 1. The summed E-state index contributed by atoms with van der Waals surface area (Å²) in [5.41, 5.74) is 0. The highest BCUT2D eigenvalue weighted by molar-refractivity contribution is 7.10. The van der Waals surface area contributed by atoms with Crippen molar-refractivity contribution in [3.05, 3.63) is 40.5 Å². The summed E-state index contributed by atoms with van der Waals surface area (Å²) < 4.78 is 10.7. The molecule has 0 amide bonds. The molecule has 0 saturated heterocycles. The highest BCUT2D eigenvalue weighted by Crippen LogP contribution is 2.31. The molecule has 0 spiro atoms. The molecule has 1 N–H and O–H groups in total. The second kappa shape index (κ2) is 5.89. The third kappa shape index (κ3) is 2.90. The van der Waals surface area contributed by atoms with Crippen LogP contribution in [0.1, 0.15) is 30.0 Å². The van der Waals surface area contributed by atoms with Crippen molar-refractivity contribution in [3.8, 4) is 5.75 Å². The Morgan fingerprint density at radius 3 is 3.00 bits per heavy atom. The fourth-order valence-electron chi connectivity index (χ4n) is 1.68. The normalized spacial score (nSPS) is 12.6. The Kier molecular flexibility index (Phi) is 4.23. The van der Waals surface area contributed by atoms with Gasteiger partial charge < -0.3 is 14.5 Å². The molecule has 3 nitrogen and oxygen atoms in total. The Morgan fingerprint density at radius 1 is 1.53 bits per heavy atom. The van der Waals surface area contributed by atoms with Gasteiger partial charge in [-0.3, -0.25) is 0 Å². The Bertz CT molecular complexity index is 436. The van der Waals surface area contributed by atoms with Crippen molar-refractivity contribution in [2.24, 2.45) is 0 Å². The first-order valence-electron chi connectivity index (χ1n) is 5.74. The average molecular weight is 251 g/mol. The first-order valence-corrected chi connectivity index (χ1v) is 6.62. The lowest BCUT2D eigenvalue weighted by Crippen LogP contribution is -2.21. The van der Waals surface area contributed by atoms with Crippen LogP contribution in [0.15, 0.2) is 34.3 Å². The van der Waals surface area contributed by atoms with Gasteiger partial charge in [-0.2, -0.15) is 0 Å². The van der Waals surface area contributed by atoms with E-state index in [2.05, 4.69) is 18.3 Å². The van der Waals surface area contributed by atoms with Gasteiger partial charge >= 0.3 is 0 Å². The van der Waals surface area contributed by atoms with E-state index in [1.54, 1.807) is 24.7 Å². The van der Waals surface area contributed by atoms with Crippen LogP contribution >= 0.6 is 11.3 Å². The minimum absolute atomic E-state index is 0.124. The summed E-state index contributed by atoms with van der Waals surface area (Å²) in [5.74, 6) is 1.85. The number of thiophene rings is 1. The van der Waals surface area contributed by atoms with E-state index < -0.39 is 0 Å². The van der Waals surface area contributed by atoms with Gasteiger partial charge in [0.15, 0.2) is 0 Å². The van der Waals surface area contributed by atoms with Crippen LogP contribution in [0, 0.1) is 0 Å². The molecule has 2 rings (SSSR count). The van der Waals surface area contributed by atoms with Crippen molar-refractivity contribution in [2.75, 3.05) is 13.7 Å². The number of hydrogen-bond acceptors (Lipinski definition) is 4. The maximum Gasteiger partial charge on any atom is 0.129 e. The van der Waals surface area contributed by atoms with E-state index in [0.717, 1.165) is 24.5 Å². The van der Waals surface area contributed by atoms with Crippen LogP contribution in [-0.2, 0) is 0 Å². The molecule has 2 heterocycles. The molecule has 0 aliphatic rings. The molecular formula is C13H17NO2S. The fraction of sp³-hybridized carbons (Fsp3) is 0.385. The topological polar surface area (TPSA) is 34.4 Å².